The van der Waals surface area contributed by atoms with Crippen molar-refractivity contribution < 1.29 is 0 Å². The number of nitrogens with two attached hydrogens (primary N) is 1. The van der Waals surface area contributed by atoms with Crippen LogP contribution in [0.2, 0.25) is 0 Å². The summed E-state index contributed by atoms with van der Waals surface area (Å²) in [6, 6.07) is 15.7. The van der Waals surface area contributed by atoms with E-state index in [4.69, 9.17) is 5.73 Å². The molecule has 4 heteroatoms. The summed E-state index contributed by atoms with van der Waals surface area (Å²) in [6.07, 6.45) is 0. The minimum Gasteiger partial charge on any atom is -0.384 e. The number of anilines is 1. The van der Waals surface area contributed by atoms with Gasteiger partial charge in [-0.1, -0.05) is 36.4 Å². The van der Waals surface area contributed by atoms with Crippen LogP contribution >= 0.6 is 11.3 Å². The smallest absolute Gasteiger partial charge is 0.162 e. The van der Waals surface area contributed by atoms with Crippen molar-refractivity contribution in [2.45, 2.75) is 0 Å². The number of rotatable bonds is 2. The lowest BCUT2D eigenvalue weighted by Gasteiger charge is -2.04. The first-order valence-electron chi connectivity index (χ1n) is 5.57. The molecule has 0 bridgehead atoms. The Bertz CT molecular complexity index is 648. The third-order valence-electron chi connectivity index (χ3n) is 2.55. The van der Waals surface area contributed by atoms with E-state index in [1.54, 1.807) is 17.4 Å². The Balaban J connectivity index is 2.12. The summed E-state index contributed by atoms with van der Waals surface area (Å²) >= 11 is 1.64. The van der Waals surface area contributed by atoms with Gasteiger partial charge in [-0.3, -0.25) is 0 Å². The fraction of sp³-hybridized carbons (Fsp3) is 0. The molecule has 0 aliphatic rings. The molecule has 0 aliphatic heterocycles. The van der Waals surface area contributed by atoms with E-state index < -0.39 is 0 Å². The van der Waals surface area contributed by atoms with Gasteiger partial charge in [-0.15, -0.1) is 11.3 Å². The molecule has 0 atom stereocenters. The molecule has 1 aromatic carbocycles. The van der Waals surface area contributed by atoms with Gasteiger partial charge in [0.25, 0.3) is 0 Å². The van der Waals surface area contributed by atoms with Gasteiger partial charge < -0.3 is 5.73 Å². The zero-order chi connectivity index (χ0) is 12.4. The number of benzene rings is 1. The summed E-state index contributed by atoms with van der Waals surface area (Å²) in [5, 5.41) is 2.02. The van der Waals surface area contributed by atoms with Crippen LogP contribution in [0.1, 0.15) is 0 Å². The molecule has 0 aliphatic carbocycles. The highest BCUT2D eigenvalue weighted by Gasteiger charge is 2.07. The lowest BCUT2D eigenvalue weighted by atomic mass is 10.2. The molecular weight excluding hydrogens is 242 g/mol. The van der Waals surface area contributed by atoms with Gasteiger partial charge in [0.1, 0.15) is 5.82 Å². The van der Waals surface area contributed by atoms with Crippen LogP contribution < -0.4 is 5.73 Å². The second kappa shape index (κ2) is 4.58. The van der Waals surface area contributed by atoms with Crippen molar-refractivity contribution in [2.75, 3.05) is 5.73 Å². The van der Waals surface area contributed by atoms with Gasteiger partial charge in [-0.05, 0) is 11.4 Å². The molecule has 2 heterocycles. The topological polar surface area (TPSA) is 51.8 Å². The minimum absolute atomic E-state index is 0.493. The average molecular weight is 253 g/mol. The largest absolute Gasteiger partial charge is 0.384 e. The van der Waals surface area contributed by atoms with Crippen LogP contribution in [0, 0.1) is 0 Å². The van der Waals surface area contributed by atoms with E-state index >= 15 is 0 Å². The second-order valence-corrected chi connectivity index (χ2v) is 4.79. The first kappa shape index (κ1) is 10.9. The van der Waals surface area contributed by atoms with E-state index in [1.807, 2.05) is 47.8 Å². The van der Waals surface area contributed by atoms with E-state index in [0.29, 0.717) is 11.6 Å². The van der Waals surface area contributed by atoms with Gasteiger partial charge in [-0.2, -0.15) is 0 Å². The summed E-state index contributed by atoms with van der Waals surface area (Å²) in [4.78, 5) is 9.95. The van der Waals surface area contributed by atoms with Gasteiger partial charge in [-0.25, -0.2) is 9.97 Å². The predicted octanol–water partition coefficient (Wildman–Crippen LogP) is 3.45. The molecule has 0 fully saturated rings. The summed E-state index contributed by atoms with van der Waals surface area (Å²) in [6.45, 7) is 0. The maximum atomic E-state index is 5.86. The molecule has 88 valence electrons. The molecule has 2 aromatic heterocycles. The zero-order valence-corrected chi connectivity index (χ0v) is 10.4. The molecule has 18 heavy (non-hydrogen) atoms. The third kappa shape index (κ3) is 2.10. The van der Waals surface area contributed by atoms with Gasteiger partial charge in [0.05, 0.1) is 10.6 Å². The Labute approximate surface area is 109 Å². The number of nitrogen functional groups attached to an aromatic ring is 1. The molecule has 0 saturated carbocycles. The van der Waals surface area contributed by atoms with Crippen molar-refractivity contribution >= 4 is 17.2 Å². The summed E-state index contributed by atoms with van der Waals surface area (Å²) in [7, 11) is 0. The van der Waals surface area contributed by atoms with Crippen molar-refractivity contribution in [3.8, 4) is 22.0 Å². The summed E-state index contributed by atoms with van der Waals surface area (Å²) < 4.78 is 0. The zero-order valence-electron chi connectivity index (χ0n) is 9.58. The average Bonchev–Trinajstić information content (AvgIpc) is 2.93. The van der Waals surface area contributed by atoms with E-state index in [2.05, 4.69) is 9.97 Å². The van der Waals surface area contributed by atoms with Gasteiger partial charge >= 0.3 is 0 Å². The van der Waals surface area contributed by atoms with Crippen molar-refractivity contribution in [3.05, 3.63) is 53.9 Å². The quantitative estimate of drug-likeness (QED) is 0.761. The Morgan fingerprint density at radius 2 is 1.78 bits per heavy atom. The minimum atomic E-state index is 0.493. The predicted molar refractivity (Wildman–Crippen MR) is 75.2 cm³/mol. The number of hydrogen-bond donors (Lipinski definition) is 1. The second-order valence-electron chi connectivity index (χ2n) is 3.84. The summed E-state index contributed by atoms with van der Waals surface area (Å²) in [5.41, 5.74) is 7.70. The molecular formula is C14H11N3S. The van der Waals surface area contributed by atoms with Crippen LogP contribution in [-0.4, -0.2) is 9.97 Å². The lowest BCUT2D eigenvalue weighted by molar-refractivity contribution is 1.19. The molecule has 3 aromatic rings. The number of thiophene rings is 1. The molecule has 0 unspecified atom stereocenters. The molecule has 2 N–H and O–H groups in total. The molecule has 0 amide bonds. The lowest BCUT2D eigenvalue weighted by Crippen LogP contribution is -1.97. The summed E-state index contributed by atoms with van der Waals surface area (Å²) in [5.74, 6) is 1.16. The highest BCUT2D eigenvalue weighted by Crippen LogP contribution is 2.26. The van der Waals surface area contributed by atoms with Crippen LogP contribution in [0.4, 0.5) is 5.82 Å². The fourth-order valence-electron chi connectivity index (χ4n) is 1.73. The van der Waals surface area contributed by atoms with E-state index in [-0.39, 0.29) is 0 Å². The van der Waals surface area contributed by atoms with Gasteiger partial charge in [0, 0.05) is 11.6 Å². The Hall–Kier alpha value is -2.20. The Morgan fingerprint density at radius 1 is 0.944 bits per heavy atom. The molecule has 0 saturated heterocycles. The van der Waals surface area contributed by atoms with Crippen LogP contribution in [0.5, 0.6) is 0 Å². The van der Waals surface area contributed by atoms with E-state index in [1.165, 1.54) is 0 Å². The van der Waals surface area contributed by atoms with Crippen molar-refractivity contribution in [3.63, 3.8) is 0 Å². The van der Waals surface area contributed by atoms with Crippen molar-refractivity contribution in [1.29, 1.82) is 0 Å². The van der Waals surface area contributed by atoms with Crippen LogP contribution in [0.15, 0.2) is 53.9 Å². The number of nitrogens with zero attached hydrogens (tertiary/aromatic N) is 2. The molecule has 3 nitrogen and oxygen atoms in total. The standard InChI is InChI=1S/C14H11N3S/c15-13-9-11(12-7-4-8-18-12)16-14(17-13)10-5-2-1-3-6-10/h1-9H,(H2,15,16,17). The highest BCUT2D eigenvalue weighted by molar-refractivity contribution is 7.13. The number of aromatic nitrogens is 2. The normalized spacial score (nSPS) is 10.4. The Kier molecular flexibility index (Phi) is 2.78. The van der Waals surface area contributed by atoms with Crippen LogP contribution in [0.3, 0.4) is 0 Å². The first-order valence-corrected chi connectivity index (χ1v) is 6.45. The van der Waals surface area contributed by atoms with Gasteiger partial charge in [0.2, 0.25) is 0 Å². The molecule has 0 spiro atoms. The maximum absolute atomic E-state index is 5.86. The van der Waals surface area contributed by atoms with Crippen molar-refractivity contribution in [1.82, 2.24) is 9.97 Å². The SMILES string of the molecule is Nc1cc(-c2cccs2)nc(-c2ccccc2)n1. The van der Waals surface area contributed by atoms with Crippen LogP contribution in [-0.2, 0) is 0 Å². The highest BCUT2D eigenvalue weighted by atomic mass is 32.1. The maximum Gasteiger partial charge on any atom is 0.162 e. The first-order chi connectivity index (χ1) is 8.83. The fourth-order valence-corrected chi connectivity index (χ4v) is 2.42. The third-order valence-corrected chi connectivity index (χ3v) is 3.44. The van der Waals surface area contributed by atoms with E-state index in [9.17, 15) is 0 Å². The molecule has 3 rings (SSSR count). The van der Waals surface area contributed by atoms with E-state index in [0.717, 1.165) is 16.1 Å². The number of hydrogen-bond acceptors (Lipinski definition) is 4. The Morgan fingerprint density at radius 3 is 2.50 bits per heavy atom. The molecule has 0 radical (unpaired) electrons. The van der Waals surface area contributed by atoms with Crippen LogP contribution in [0.25, 0.3) is 22.0 Å². The monoisotopic (exact) mass is 253 g/mol. The van der Waals surface area contributed by atoms with Crippen molar-refractivity contribution in [2.24, 2.45) is 0 Å². The van der Waals surface area contributed by atoms with Gasteiger partial charge in [0.15, 0.2) is 5.82 Å².